The van der Waals surface area contributed by atoms with Crippen molar-refractivity contribution in [1.82, 2.24) is 0 Å². The third kappa shape index (κ3) is 3.12. The number of nitrogens with zero attached hydrogens (tertiary/aromatic N) is 1. The molecular formula is C18H19ClN2O3S2. The van der Waals surface area contributed by atoms with Crippen molar-refractivity contribution in [3.63, 3.8) is 0 Å². The fraction of sp³-hybridized carbons (Fsp3) is 0.333. The first kappa shape index (κ1) is 17.8. The molecule has 2 aromatic carbocycles. The molecule has 1 unspecified atom stereocenters. The molecule has 0 aromatic heterocycles. The van der Waals surface area contributed by atoms with Crippen molar-refractivity contribution in [2.45, 2.75) is 29.2 Å². The molecule has 0 bridgehead atoms. The minimum Gasteiger partial charge on any atom is -0.486 e. The van der Waals surface area contributed by atoms with Crippen LogP contribution in [0.1, 0.15) is 13.3 Å². The van der Waals surface area contributed by atoms with Crippen LogP contribution in [0, 0.1) is 0 Å². The molecule has 2 heterocycles. The summed E-state index contributed by atoms with van der Waals surface area (Å²) in [7, 11) is -3.72. The van der Waals surface area contributed by atoms with E-state index in [1.54, 1.807) is 42.1 Å². The fourth-order valence-corrected chi connectivity index (χ4v) is 5.70. The van der Waals surface area contributed by atoms with Gasteiger partial charge in [-0.2, -0.15) is 0 Å². The Hall–Kier alpha value is -1.57. The highest BCUT2D eigenvalue weighted by atomic mass is 35.5. The average Bonchev–Trinajstić information content (AvgIpc) is 2.66. The second-order valence-electron chi connectivity index (χ2n) is 6.23. The van der Waals surface area contributed by atoms with Crippen molar-refractivity contribution in [2.75, 3.05) is 28.5 Å². The van der Waals surface area contributed by atoms with E-state index in [2.05, 4.69) is 5.32 Å². The Morgan fingerprint density at radius 1 is 1.31 bits per heavy atom. The van der Waals surface area contributed by atoms with Crippen LogP contribution >= 0.6 is 23.4 Å². The van der Waals surface area contributed by atoms with E-state index in [1.165, 1.54) is 4.31 Å². The van der Waals surface area contributed by atoms with Crippen LogP contribution < -0.4 is 14.4 Å². The van der Waals surface area contributed by atoms with Crippen LogP contribution in [0.3, 0.4) is 0 Å². The average molecular weight is 411 g/mol. The van der Waals surface area contributed by atoms with Crippen LogP contribution in [0.4, 0.5) is 11.4 Å². The van der Waals surface area contributed by atoms with Crippen LogP contribution in [-0.2, 0) is 10.0 Å². The molecule has 0 saturated carbocycles. The molecule has 0 amide bonds. The molecule has 2 aliphatic heterocycles. The molecular weight excluding hydrogens is 392 g/mol. The molecule has 26 heavy (non-hydrogen) atoms. The van der Waals surface area contributed by atoms with Gasteiger partial charge in [0.15, 0.2) is 0 Å². The molecule has 138 valence electrons. The van der Waals surface area contributed by atoms with E-state index in [4.69, 9.17) is 16.3 Å². The second kappa shape index (κ2) is 6.87. The monoisotopic (exact) mass is 410 g/mol. The molecule has 2 aromatic rings. The fourth-order valence-electron chi connectivity index (χ4n) is 3.13. The summed E-state index contributed by atoms with van der Waals surface area (Å²) >= 11 is 7.84. The van der Waals surface area contributed by atoms with Gasteiger partial charge in [0.1, 0.15) is 11.9 Å². The molecule has 0 radical (unpaired) electrons. The predicted octanol–water partition coefficient (Wildman–Crippen LogP) is 4.22. The van der Waals surface area contributed by atoms with E-state index in [-0.39, 0.29) is 17.5 Å². The molecule has 1 atom stereocenters. The summed E-state index contributed by atoms with van der Waals surface area (Å²) in [5.41, 5.74) is 1.36. The number of sulfonamides is 1. The first-order valence-corrected chi connectivity index (χ1v) is 11.3. The van der Waals surface area contributed by atoms with Crippen molar-refractivity contribution in [1.29, 1.82) is 0 Å². The number of fused-ring (bicyclic) bond motifs is 2. The third-order valence-corrected chi connectivity index (χ3v) is 7.61. The summed E-state index contributed by atoms with van der Waals surface area (Å²) in [6, 6.07) is 10.4. The second-order valence-corrected chi connectivity index (χ2v) is 9.66. The summed E-state index contributed by atoms with van der Waals surface area (Å²) in [4.78, 5) is 1.35. The van der Waals surface area contributed by atoms with Gasteiger partial charge in [-0.1, -0.05) is 18.5 Å². The largest absolute Gasteiger partial charge is 0.486 e. The predicted molar refractivity (Wildman–Crippen MR) is 106 cm³/mol. The number of halogens is 1. The Balaban J connectivity index is 1.79. The van der Waals surface area contributed by atoms with Crippen molar-refractivity contribution in [2.24, 2.45) is 0 Å². The van der Waals surface area contributed by atoms with E-state index in [1.807, 2.05) is 13.0 Å². The summed E-state index contributed by atoms with van der Waals surface area (Å²) < 4.78 is 34.1. The van der Waals surface area contributed by atoms with Crippen LogP contribution in [-0.4, -0.2) is 33.4 Å². The highest BCUT2D eigenvalue weighted by Gasteiger charge is 2.34. The third-order valence-electron chi connectivity index (χ3n) is 4.52. The lowest BCUT2D eigenvalue weighted by molar-refractivity contribution is 0.196. The normalized spacial score (nSPS) is 19.2. The zero-order valence-electron chi connectivity index (χ0n) is 14.2. The zero-order chi connectivity index (χ0) is 18.3. The van der Waals surface area contributed by atoms with E-state index >= 15 is 0 Å². The van der Waals surface area contributed by atoms with Gasteiger partial charge in [0, 0.05) is 27.9 Å². The Morgan fingerprint density at radius 3 is 2.96 bits per heavy atom. The maximum absolute atomic E-state index is 13.4. The summed E-state index contributed by atoms with van der Waals surface area (Å²) in [6.07, 6.45) is 0.529. The standard InChI is InChI=1S/C18H19ClN2O3S2/c1-2-13-11-21(16-9-12(19)3-5-17(16)24-13)26(22,23)14-4-6-18-15(10-14)20-7-8-25-18/h3-6,9-10,13,20H,2,7-8,11H2,1H3. The van der Waals surface area contributed by atoms with Gasteiger partial charge in [-0.15, -0.1) is 11.8 Å². The number of hydrogen-bond donors (Lipinski definition) is 1. The molecule has 1 N–H and O–H groups in total. The number of ether oxygens (including phenoxy) is 1. The van der Waals surface area contributed by atoms with E-state index in [0.29, 0.717) is 16.5 Å². The van der Waals surface area contributed by atoms with Gasteiger partial charge in [0.25, 0.3) is 10.0 Å². The summed E-state index contributed by atoms with van der Waals surface area (Å²) in [5.74, 6) is 1.52. The lowest BCUT2D eigenvalue weighted by atomic mass is 10.2. The number of hydrogen-bond acceptors (Lipinski definition) is 5. The maximum atomic E-state index is 13.4. The Labute approximate surface area is 162 Å². The van der Waals surface area contributed by atoms with Gasteiger partial charge >= 0.3 is 0 Å². The van der Waals surface area contributed by atoms with Gasteiger partial charge in [0.2, 0.25) is 0 Å². The smallest absolute Gasteiger partial charge is 0.264 e. The minimum atomic E-state index is -3.72. The maximum Gasteiger partial charge on any atom is 0.264 e. The van der Waals surface area contributed by atoms with Crippen LogP contribution in [0.15, 0.2) is 46.2 Å². The number of benzene rings is 2. The first-order chi connectivity index (χ1) is 12.5. The topological polar surface area (TPSA) is 58.6 Å². The number of anilines is 2. The van der Waals surface area contributed by atoms with Crippen LogP contribution in [0.25, 0.3) is 0 Å². The van der Waals surface area contributed by atoms with Gasteiger partial charge in [-0.25, -0.2) is 8.42 Å². The summed E-state index contributed by atoms with van der Waals surface area (Å²) in [6.45, 7) is 3.08. The van der Waals surface area contributed by atoms with Gasteiger partial charge in [0.05, 0.1) is 17.1 Å². The Morgan fingerprint density at radius 2 is 2.15 bits per heavy atom. The van der Waals surface area contributed by atoms with Crippen LogP contribution in [0.5, 0.6) is 5.75 Å². The first-order valence-electron chi connectivity index (χ1n) is 8.48. The van der Waals surface area contributed by atoms with Gasteiger partial charge < -0.3 is 10.1 Å². The van der Waals surface area contributed by atoms with Crippen LogP contribution in [0.2, 0.25) is 5.02 Å². The number of nitrogens with one attached hydrogen (secondary N) is 1. The van der Waals surface area contributed by atoms with E-state index in [9.17, 15) is 8.42 Å². The molecule has 5 nitrogen and oxygen atoms in total. The summed E-state index contributed by atoms with van der Waals surface area (Å²) in [5, 5.41) is 3.75. The zero-order valence-corrected chi connectivity index (χ0v) is 16.6. The minimum absolute atomic E-state index is 0.190. The van der Waals surface area contributed by atoms with E-state index in [0.717, 1.165) is 29.3 Å². The lowest BCUT2D eigenvalue weighted by Crippen LogP contribution is -2.43. The molecule has 0 aliphatic carbocycles. The molecule has 2 aliphatic rings. The SMILES string of the molecule is CCC1CN(S(=O)(=O)c2ccc3c(c2)NCCS3)c2cc(Cl)ccc2O1. The van der Waals surface area contributed by atoms with Gasteiger partial charge in [-0.3, -0.25) is 4.31 Å². The van der Waals surface area contributed by atoms with Crippen molar-refractivity contribution in [3.8, 4) is 5.75 Å². The van der Waals surface area contributed by atoms with Crippen molar-refractivity contribution >= 4 is 44.8 Å². The van der Waals surface area contributed by atoms with Gasteiger partial charge in [-0.05, 0) is 42.8 Å². The number of thioether (sulfide) groups is 1. The Bertz CT molecular complexity index is 949. The van der Waals surface area contributed by atoms with Crippen molar-refractivity contribution in [3.05, 3.63) is 41.4 Å². The molecule has 0 saturated heterocycles. The lowest BCUT2D eigenvalue weighted by Gasteiger charge is -2.35. The molecule has 0 fully saturated rings. The molecule has 0 spiro atoms. The number of rotatable bonds is 3. The highest BCUT2D eigenvalue weighted by Crippen LogP contribution is 2.40. The molecule has 4 rings (SSSR count). The highest BCUT2D eigenvalue weighted by molar-refractivity contribution is 7.99. The quantitative estimate of drug-likeness (QED) is 0.820. The Kier molecular flexibility index (Phi) is 4.71. The van der Waals surface area contributed by atoms with Crippen molar-refractivity contribution < 1.29 is 13.2 Å². The van der Waals surface area contributed by atoms with E-state index < -0.39 is 10.0 Å². The molecule has 8 heteroatoms.